The Labute approximate surface area is 255 Å². The van der Waals surface area contributed by atoms with Crippen molar-refractivity contribution in [2.45, 2.75) is 33.1 Å². The highest BCUT2D eigenvalue weighted by Crippen LogP contribution is 2.32. The Bertz CT molecular complexity index is 1750. The summed E-state index contributed by atoms with van der Waals surface area (Å²) >= 11 is 0. The highest BCUT2D eigenvalue weighted by molar-refractivity contribution is 5.86. The highest BCUT2D eigenvalue weighted by Gasteiger charge is 2.30. The maximum atomic E-state index is 13.3. The molecule has 0 aliphatic heterocycles. The van der Waals surface area contributed by atoms with Gasteiger partial charge in [0, 0.05) is 49.0 Å². The second-order valence-electron chi connectivity index (χ2n) is 10.6. The van der Waals surface area contributed by atoms with Crippen LogP contribution in [-0.4, -0.2) is 41.6 Å². The van der Waals surface area contributed by atoms with Crippen molar-refractivity contribution in [1.82, 2.24) is 14.4 Å². The zero-order valence-electron chi connectivity index (χ0n) is 23.9. The molecule has 10 heteroatoms. The van der Waals surface area contributed by atoms with Crippen LogP contribution in [0, 0.1) is 13.8 Å². The van der Waals surface area contributed by atoms with Crippen molar-refractivity contribution in [2.75, 3.05) is 27.2 Å². The second kappa shape index (κ2) is 13.3. The Morgan fingerprint density at radius 3 is 2.14 bits per heavy atom. The summed E-state index contributed by atoms with van der Waals surface area (Å²) in [5.74, 6) is 0. The number of fused-ring (bicyclic) bond motifs is 2. The zero-order chi connectivity index (χ0) is 28.6. The lowest BCUT2D eigenvalue weighted by molar-refractivity contribution is -0.137. The number of hydrogen-bond acceptors (Lipinski definition) is 4. The summed E-state index contributed by atoms with van der Waals surface area (Å²) in [5.41, 5.74) is 5.03. The van der Waals surface area contributed by atoms with E-state index in [0.29, 0.717) is 41.9 Å². The van der Waals surface area contributed by atoms with Gasteiger partial charge in [-0.2, -0.15) is 13.2 Å². The fraction of sp³-hybridized carbons (Fsp3) is 0.281. The van der Waals surface area contributed by atoms with Crippen LogP contribution in [0.3, 0.4) is 0 Å². The molecule has 0 amide bonds. The molecule has 0 fully saturated rings. The van der Waals surface area contributed by atoms with E-state index >= 15 is 0 Å². The predicted molar refractivity (Wildman–Crippen MR) is 167 cm³/mol. The van der Waals surface area contributed by atoms with Gasteiger partial charge in [-0.15, -0.1) is 24.8 Å². The van der Waals surface area contributed by atoms with Gasteiger partial charge in [0.2, 0.25) is 0 Å². The number of para-hydroxylation sites is 1. The van der Waals surface area contributed by atoms with Gasteiger partial charge < -0.3 is 18.8 Å². The molecular formula is C32H34Cl2F3N3O2. The first-order valence-corrected chi connectivity index (χ1v) is 13.2. The van der Waals surface area contributed by atoms with Crippen molar-refractivity contribution in [1.29, 1.82) is 0 Å². The van der Waals surface area contributed by atoms with Gasteiger partial charge in [-0.05, 0) is 81.0 Å². The van der Waals surface area contributed by atoms with Crippen molar-refractivity contribution in [2.24, 2.45) is 0 Å². The van der Waals surface area contributed by atoms with Gasteiger partial charge in [-0.1, -0.05) is 24.3 Å². The number of likely N-dealkylation sites (N-methyl/N-ethyl adjacent to an activating group) is 2. The van der Waals surface area contributed by atoms with Crippen molar-refractivity contribution in [3.63, 3.8) is 0 Å². The molecule has 224 valence electrons. The van der Waals surface area contributed by atoms with E-state index in [-0.39, 0.29) is 30.2 Å². The molecule has 5 aromatic rings. The van der Waals surface area contributed by atoms with Gasteiger partial charge in [0.15, 0.2) is 5.43 Å². The highest BCUT2D eigenvalue weighted by atomic mass is 35.5. The third-order valence-corrected chi connectivity index (χ3v) is 7.45. The normalized spacial score (nSPS) is 11.7. The van der Waals surface area contributed by atoms with E-state index in [0.717, 1.165) is 40.2 Å². The van der Waals surface area contributed by atoms with Crippen LogP contribution >= 0.6 is 24.8 Å². The Kier molecular flexibility index (Phi) is 10.5. The number of alkyl halides is 3. The number of hydrogen-bond donors (Lipinski definition) is 0. The van der Waals surface area contributed by atoms with Crippen molar-refractivity contribution in [3.05, 3.63) is 111 Å². The predicted octanol–water partition coefficient (Wildman–Crippen LogP) is 7.78. The molecule has 5 rings (SSSR count). The number of halogens is 5. The standard InChI is InChI=1S/C32H32F3N3O2.2ClH/c1-21-14-28-30(15-22(21)2)40-20-24(31(28)39)18-37(4)13-12-36(3)17-23-19-38(29-11-6-5-10-27(23)29)26-9-7-8-25(16-26)32(33,34)35;;/h5-11,14-16,19-20H,12-13,17-18H2,1-4H3;2*1H. The van der Waals surface area contributed by atoms with Crippen LogP contribution in [0.25, 0.3) is 27.6 Å². The molecule has 2 heterocycles. The first kappa shape index (κ1) is 33.2. The summed E-state index contributed by atoms with van der Waals surface area (Å²) in [5, 5.41) is 1.60. The lowest BCUT2D eigenvalue weighted by Crippen LogP contribution is -2.31. The number of benzene rings is 3. The van der Waals surface area contributed by atoms with Gasteiger partial charge in [-0.3, -0.25) is 4.79 Å². The van der Waals surface area contributed by atoms with Gasteiger partial charge in [-0.25, -0.2) is 0 Å². The fourth-order valence-electron chi connectivity index (χ4n) is 5.04. The minimum atomic E-state index is -4.40. The summed E-state index contributed by atoms with van der Waals surface area (Å²) in [6, 6.07) is 16.9. The molecule has 0 aliphatic rings. The van der Waals surface area contributed by atoms with E-state index in [1.807, 2.05) is 75.1 Å². The van der Waals surface area contributed by atoms with Crippen LogP contribution < -0.4 is 5.43 Å². The van der Waals surface area contributed by atoms with Crippen LogP contribution in [0.1, 0.15) is 27.8 Å². The average Bonchev–Trinajstić information content (AvgIpc) is 3.28. The molecule has 0 N–H and O–H groups in total. The molecule has 5 nitrogen and oxygen atoms in total. The zero-order valence-corrected chi connectivity index (χ0v) is 25.5. The van der Waals surface area contributed by atoms with E-state index < -0.39 is 11.7 Å². The molecule has 0 aliphatic carbocycles. The topological polar surface area (TPSA) is 41.6 Å². The fourth-order valence-corrected chi connectivity index (χ4v) is 5.04. The first-order valence-electron chi connectivity index (χ1n) is 13.2. The lowest BCUT2D eigenvalue weighted by atomic mass is 10.1. The molecule has 0 unspecified atom stereocenters. The van der Waals surface area contributed by atoms with Crippen LogP contribution in [0.2, 0.25) is 0 Å². The third kappa shape index (κ3) is 7.01. The van der Waals surface area contributed by atoms with Gasteiger partial charge >= 0.3 is 6.18 Å². The van der Waals surface area contributed by atoms with Crippen LogP contribution in [0.4, 0.5) is 13.2 Å². The molecular weight excluding hydrogens is 586 g/mol. The molecule has 2 aromatic heterocycles. The third-order valence-electron chi connectivity index (χ3n) is 7.45. The van der Waals surface area contributed by atoms with Crippen LogP contribution in [-0.2, 0) is 19.3 Å². The van der Waals surface area contributed by atoms with Crippen LogP contribution in [0.15, 0.2) is 82.3 Å². The second-order valence-corrected chi connectivity index (χ2v) is 10.6. The summed E-state index contributed by atoms with van der Waals surface area (Å²) in [7, 11) is 3.98. The Hall–Kier alpha value is -3.30. The average molecular weight is 621 g/mol. The van der Waals surface area contributed by atoms with Crippen molar-refractivity contribution < 1.29 is 17.6 Å². The molecule has 3 aromatic carbocycles. The Morgan fingerprint density at radius 1 is 0.810 bits per heavy atom. The molecule has 0 saturated carbocycles. The van der Waals surface area contributed by atoms with Gasteiger partial charge in [0.05, 0.1) is 22.7 Å². The number of nitrogens with zero attached hydrogens (tertiary/aromatic N) is 3. The number of aromatic nitrogens is 1. The van der Waals surface area contributed by atoms with E-state index in [2.05, 4.69) is 9.80 Å². The monoisotopic (exact) mass is 619 g/mol. The molecule has 0 radical (unpaired) electrons. The van der Waals surface area contributed by atoms with Gasteiger partial charge in [0.1, 0.15) is 5.58 Å². The maximum Gasteiger partial charge on any atom is 0.416 e. The summed E-state index contributed by atoms with van der Waals surface area (Å²) in [6.07, 6.45) is -0.924. The SMILES string of the molecule is Cc1cc2occ(CN(C)CCN(C)Cc3cn(-c4cccc(C(F)(F)F)c4)c4ccccc34)c(=O)c2cc1C.Cl.Cl. The van der Waals surface area contributed by atoms with Crippen LogP contribution in [0.5, 0.6) is 0 Å². The lowest BCUT2D eigenvalue weighted by Gasteiger charge is -2.21. The summed E-state index contributed by atoms with van der Waals surface area (Å²) in [6.45, 7) is 6.52. The molecule has 0 atom stereocenters. The largest absolute Gasteiger partial charge is 0.464 e. The Balaban J connectivity index is 0.00000242. The quantitative estimate of drug-likeness (QED) is 0.178. The number of aryl methyl sites for hydroxylation is 2. The maximum absolute atomic E-state index is 13.3. The summed E-state index contributed by atoms with van der Waals surface area (Å²) < 4.78 is 47.6. The minimum Gasteiger partial charge on any atom is -0.464 e. The number of rotatable bonds is 8. The summed E-state index contributed by atoms with van der Waals surface area (Å²) in [4.78, 5) is 17.3. The molecule has 0 saturated heterocycles. The minimum absolute atomic E-state index is 0. The van der Waals surface area contributed by atoms with Crippen molar-refractivity contribution >= 4 is 46.7 Å². The first-order chi connectivity index (χ1) is 19.0. The van der Waals surface area contributed by atoms with Crippen molar-refractivity contribution in [3.8, 4) is 5.69 Å². The van der Waals surface area contributed by atoms with E-state index in [1.54, 1.807) is 12.3 Å². The Morgan fingerprint density at radius 2 is 1.45 bits per heavy atom. The molecule has 0 spiro atoms. The smallest absolute Gasteiger partial charge is 0.416 e. The van der Waals surface area contributed by atoms with E-state index in [1.165, 1.54) is 12.1 Å². The molecule has 42 heavy (non-hydrogen) atoms. The van der Waals surface area contributed by atoms with E-state index in [4.69, 9.17) is 4.42 Å². The van der Waals surface area contributed by atoms with Gasteiger partial charge in [0.25, 0.3) is 0 Å². The van der Waals surface area contributed by atoms with E-state index in [9.17, 15) is 18.0 Å². The molecule has 0 bridgehead atoms.